The molecule has 0 aliphatic rings. The number of benzene rings is 1. The first-order chi connectivity index (χ1) is 10.5. The first kappa shape index (κ1) is 16.4. The summed E-state index contributed by atoms with van der Waals surface area (Å²) in [5, 5.41) is 8.01. The number of halogens is 1. The summed E-state index contributed by atoms with van der Waals surface area (Å²) in [6.45, 7) is 1.70. The summed E-state index contributed by atoms with van der Waals surface area (Å²) < 4.78 is 5.50. The molecule has 0 spiro atoms. The summed E-state index contributed by atoms with van der Waals surface area (Å²) in [5.41, 5.74) is 0.877. The lowest BCUT2D eigenvalue weighted by Gasteiger charge is -2.16. The van der Waals surface area contributed by atoms with E-state index < -0.39 is 12.0 Å². The van der Waals surface area contributed by atoms with Gasteiger partial charge in [-0.25, -0.2) is 9.78 Å². The minimum Gasteiger partial charge on any atom is -0.465 e. The van der Waals surface area contributed by atoms with E-state index in [1.54, 1.807) is 36.7 Å². The number of carbonyl (C=O) groups is 2. The maximum Gasteiger partial charge on any atom is 0.340 e. The molecule has 0 saturated carbocycles. The fourth-order valence-electron chi connectivity index (χ4n) is 1.72. The molecule has 1 heterocycles. The number of rotatable bonds is 5. The first-order valence-corrected chi connectivity index (χ1v) is 8.03. The summed E-state index contributed by atoms with van der Waals surface area (Å²) in [4.78, 5) is 27.9. The average Bonchev–Trinajstić information content (AvgIpc) is 3.01. The molecule has 0 aliphatic carbocycles. The predicted octanol–water partition coefficient (Wildman–Crippen LogP) is 3.13. The van der Waals surface area contributed by atoms with Crippen molar-refractivity contribution in [3.8, 4) is 0 Å². The number of nitrogens with zero attached hydrogens (tertiary/aromatic N) is 1. The highest BCUT2D eigenvalue weighted by Gasteiger charge is 2.18. The van der Waals surface area contributed by atoms with Crippen LogP contribution in [0.3, 0.4) is 0 Å². The number of hydrogen-bond donors (Lipinski definition) is 2. The van der Waals surface area contributed by atoms with Crippen molar-refractivity contribution in [2.24, 2.45) is 0 Å². The van der Waals surface area contributed by atoms with Crippen LogP contribution in [0.5, 0.6) is 0 Å². The van der Waals surface area contributed by atoms with E-state index >= 15 is 0 Å². The van der Waals surface area contributed by atoms with Crippen molar-refractivity contribution >= 4 is 50.0 Å². The quantitative estimate of drug-likeness (QED) is 0.775. The molecule has 0 unspecified atom stereocenters. The summed E-state index contributed by atoms with van der Waals surface area (Å²) in [5.74, 6) is -0.718. The smallest absolute Gasteiger partial charge is 0.340 e. The van der Waals surface area contributed by atoms with Crippen molar-refractivity contribution in [2.75, 3.05) is 17.7 Å². The Hall–Kier alpha value is -1.93. The van der Waals surface area contributed by atoms with Crippen LogP contribution in [0.15, 0.2) is 34.2 Å². The van der Waals surface area contributed by atoms with Gasteiger partial charge in [-0.3, -0.25) is 4.79 Å². The third-order valence-corrected chi connectivity index (χ3v) is 4.00. The van der Waals surface area contributed by atoms with Gasteiger partial charge >= 0.3 is 5.97 Å². The molecule has 2 rings (SSSR count). The Morgan fingerprint density at radius 1 is 1.41 bits per heavy atom. The van der Waals surface area contributed by atoms with Crippen molar-refractivity contribution < 1.29 is 14.3 Å². The third-order valence-electron chi connectivity index (χ3n) is 2.81. The Morgan fingerprint density at radius 2 is 2.18 bits per heavy atom. The molecule has 2 N–H and O–H groups in total. The fourth-order valence-corrected chi connectivity index (χ4v) is 2.61. The molecule has 0 radical (unpaired) electrons. The number of nitrogens with one attached hydrogen (secondary N) is 2. The largest absolute Gasteiger partial charge is 0.465 e. The maximum absolute atomic E-state index is 12.1. The van der Waals surface area contributed by atoms with Gasteiger partial charge in [0.05, 0.1) is 12.7 Å². The molecule has 1 atom stereocenters. The van der Waals surface area contributed by atoms with Gasteiger partial charge in [0.1, 0.15) is 6.04 Å². The van der Waals surface area contributed by atoms with Gasteiger partial charge in [-0.2, -0.15) is 0 Å². The fraction of sp³-hybridized carbons (Fsp3) is 0.214. The number of carbonyl (C=O) groups excluding carboxylic acids is 2. The molecule has 116 valence electrons. The number of ether oxygens (including phenoxy) is 1. The molecule has 8 heteroatoms. The van der Waals surface area contributed by atoms with Crippen molar-refractivity contribution in [3.05, 3.63) is 39.8 Å². The lowest BCUT2D eigenvalue weighted by Crippen LogP contribution is -2.32. The number of methoxy groups -OCH3 is 1. The highest BCUT2D eigenvalue weighted by molar-refractivity contribution is 9.10. The van der Waals surface area contributed by atoms with E-state index in [1.165, 1.54) is 18.4 Å². The monoisotopic (exact) mass is 383 g/mol. The van der Waals surface area contributed by atoms with E-state index in [1.807, 2.05) is 0 Å². The van der Waals surface area contributed by atoms with E-state index in [4.69, 9.17) is 4.74 Å². The van der Waals surface area contributed by atoms with Crippen LogP contribution in [-0.4, -0.2) is 30.0 Å². The van der Waals surface area contributed by atoms with Crippen LogP contribution >= 0.6 is 27.3 Å². The number of anilines is 2. The molecule has 0 aliphatic heterocycles. The first-order valence-electron chi connectivity index (χ1n) is 6.36. The Morgan fingerprint density at radius 3 is 2.82 bits per heavy atom. The second kappa shape index (κ2) is 7.37. The SMILES string of the molecule is COC(=O)c1cc(Br)ccc1N[C@H](C)C(=O)Nc1nccs1. The molecule has 22 heavy (non-hydrogen) atoms. The number of thiazole rings is 1. The Kier molecular flexibility index (Phi) is 5.51. The van der Waals surface area contributed by atoms with Gasteiger partial charge in [0.15, 0.2) is 5.13 Å². The lowest BCUT2D eigenvalue weighted by atomic mass is 10.1. The Bertz CT molecular complexity index is 676. The topological polar surface area (TPSA) is 80.3 Å². The second-order valence-electron chi connectivity index (χ2n) is 4.37. The van der Waals surface area contributed by atoms with E-state index in [9.17, 15) is 9.59 Å². The molecule has 1 aromatic carbocycles. The van der Waals surface area contributed by atoms with Crippen LogP contribution in [0.2, 0.25) is 0 Å². The lowest BCUT2D eigenvalue weighted by molar-refractivity contribution is -0.116. The van der Waals surface area contributed by atoms with Crippen LogP contribution in [0.25, 0.3) is 0 Å². The minimum atomic E-state index is -0.548. The number of esters is 1. The number of hydrogen-bond acceptors (Lipinski definition) is 6. The van der Waals surface area contributed by atoms with Crippen LogP contribution in [0.4, 0.5) is 10.8 Å². The van der Waals surface area contributed by atoms with Gasteiger partial charge in [0, 0.05) is 21.7 Å². The molecule has 0 fully saturated rings. The predicted molar refractivity (Wildman–Crippen MR) is 89.3 cm³/mol. The van der Waals surface area contributed by atoms with Gasteiger partial charge in [0.25, 0.3) is 0 Å². The molecular formula is C14H14BrN3O3S. The Labute approximate surface area is 140 Å². The van der Waals surface area contributed by atoms with Gasteiger partial charge in [0.2, 0.25) is 5.91 Å². The van der Waals surface area contributed by atoms with Gasteiger partial charge in [-0.1, -0.05) is 15.9 Å². The summed E-state index contributed by atoms with van der Waals surface area (Å²) >= 11 is 4.64. The zero-order valence-electron chi connectivity index (χ0n) is 11.9. The van der Waals surface area contributed by atoms with Crippen molar-refractivity contribution in [1.29, 1.82) is 0 Å². The molecule has 6 nitrogen and oxygen atoms in total. The minimum absolute atomic E-state index is 0.242. The van der Waals surface area contributed by atoms with Crippen molar-refractivity contribution in [3.63, 3.8) is 0 Å². The van der Waals surface area contributed by atoms with E-state index in [0.717, 1.165) is 4.47 Å². The van der Waals surface area contributed by atoms with E-state index in [2.05, 4.69) is 31.5 Å². The molecule has 1 aromatic heterocycles. The van der Waals surface area contributed by atoms with Crippen LogP contribution in [-0.2, 0) is 9.53 Å². The van der Waals surface area contributed by atoms with Crippen molar-refractivity contribution in [1.82, 2.24) is 4.98 Å². The van der Waals surface area contributed by atoms with Gasteiger partial charge in [-0.05, 0) is 25.1 Å². The van der Waals surface area contributed by atoms with Crippen LogP contribution in [0.1, 0.15) is 17.3 Å². The molecule has 1 amide bonds. The average molecular weight is 384 g/mol. The summed E-state index contributed by atoms with van der Waals surface area (Å²) in [6, 6.07) is 4.58. The standard InChI is InChI=1S/C14H14BrN3O3S/c1-8(12(19)18-14-16-5-6-22-14)17-11-4-3-9(15)7-10(11)13(20)21-2/h3-8,17H,1-2H3,(H,16,18,19)/t8-/m1/s1. The van der Waals surface area contributed by atoms with Crippen LogP contribution in [0, 0.1) is 0 Å². The molecular weight excluding hydrogens is 370 g/mol. The molecule has 2 aromatic rings. The molecule has 0 saturated heterocycles. The maximum atomic E-state index is 12.1. The zero-order valence-corrected chi connectivity index (χ0v) is 14.3. The molecule has 0 bridgehead atoms. The Balaban J connectivity index is 2.12. The summed E-state index contributed by atoms with van der Waals surface area (Å²) in [6.07, 6.45) is 1.61. The highest BCUT2D eigenvalue weighted by Crippen LogP contribution is 2.23. The second-order valence-corrected chi connectivity index (χ2v) is 6.18. The number of aromatic nitrogens is 1. The van der Waals surface area contributed by atoms with Crippen LogP contribution < -0.4 is 10.6 Å². The van der Waals surface area contributed by atoms with E-state index in [-0.39, 0.29) is 5.91 Å². The van der Waals surface area contributed by atoms with E-state index in [0.29, 0.717) is 16.4 Å². The zero-order chi connectivity index (χ0) is 16.1. The van der Waals surface area contributed by atoms with Crippen molar-refractivity contribution in [2.45, 2.75) is 13.0 Å². The number of amides is 1. The normalized spacial score (nSPS) is 11.6. The van der Waals surface area contributed by atoms with Gasteiger partial charge in [-0.15, -0.1) is 11.3 Å². The highest BCUT2D eigenvalue weighted by atomic mass is 79.9. The van der Waals surface area contributed by atoms with Gasteiger partial charge < -0.3 is 15.4 Å². The third kappa shape index (κ3) is 4.05. The summed E-state index contributed by atoms with van der Waals surface area (Å²) in [7, 11) is 1.31.